The Morgan fingerprint density at radius 2 is 1.60 bits per heavy atom. The van der Waals surface area contributed by atoms with Crippen LogP contribution in [0.3, 0.4) is 0 Å². The largest absolute Gasteiger partial charge is 0.429 e. The van der Waals surface area contributed by atoms with Gasteiger partial charge in [-0.1, -0.05) is 36.4 Å². The monoisotopic (exact) mass is 287 g/mol. The Bertz CT molecular complexity index is 696. The van der Waals surface area contributed by atoms with Gasteiger partial charge in [-0.05, 0) is 33.0 Å². The van der Waals surface area contributed by atoms with Crippen molar-refractivity contribution in [3.63, 3.8) is 0 Å². The van der Waals surface area contributed by atoms with Crippen molar-refractivity contribution >= 4 is 12.8 Å². The number of para-hydroxylation sites is 1. The Labute approximate surface area is 119 Å². The van der Waals surface area contributed by atoms with Crippen molar-refractivity contribution in [1.82, 2.24) is 4.67 Å². The van der Waals surface area contributed by atoms with E-state index in [2.05, 4.69) is 0 Å². The third-order valence-corrected chi connectivity index (χ3v) is 6.51. The van der Waals surface area contributed by atoms with E-state index < -0.39 is 7.52 Å². The average Bonchev–Trinajstić information content (AvgIpc) is 2.46. The number of nitrogens with zero attached hydrogens (tertiary/aromatic N) is 1. The molecule has 4 heteroatoms. The van der Waals surface area contributed by atoms with Gasteiger partial charge in [0.15, 0.2) is 0 Å². The number of rotatable bonds is 2. The number of benzene rings is 2. The number of hydrogen-bond donors (Lipinski definition) is 0. The summed E-state index contributed by atoms with van der Waals surface area (Å²) in [6.07, 6.45) is 0. The molecule has 0 aliphatic carbocycles. The predicted octanol–water partition coefficient (Wildman–Crippen LogP) is 3.90. The molecule has 104 valence electrons. The van der Waals surface area contributed by atoms with Gasteiger partial charge in [-0.25, -0.2) is 4.67 Å². The molecule has 0 saturated heterocycles. The maximum Gasteiger partial charge on any atom is 0.350 e. The highest BCUT2D eigenvalue weighted by Crippen LogP contribution is 2.56. The Kier molecular flexibility index (Phi) is 3.19. The fourth-order valence-corrected chi connectivity index (χ4v) is 4.81. The molecule has 0 bridgehead atoms. The van der Waals surface area contributed by atoms with Crippen LogP contribution in [-0.2, 0) is 4.57 Å². The Morgan fingerprint density at radius 3 is 2.30 bits per heavy atom. The molecule has 0 amide bonds. The van der Waals surface area contributed by atoms with Crippen molar-refractivity contribution in [3.8, 4) is 16.9 Å². The molecule has 0 saturated carbocycles. The third-order valence-electron chi connectivity index (χ3n) is 3.77. The zero-order chi connectivity index (χ0) is 14.3. The van der Waals surface area contributed by atoms with Gasteiger partial charge >= 0.3 is 7.52 Å². The van der Waals surface area contributed by atoms with Crippen LogP contribution in [0.25, 0.3) is 11.1 Å². The number of fused-ring (bicyclic) bond motifs is 3. The average molecular weight is 287 g/mol. The van der Waals surface area contributed by atoms with Crippen LogP contribution >= 0.6 is 7.52 Å². The van der Waals surface area contributed by atoms with E-state index in [4.69, 9.17) is 4.52 Å². The Balaban J connectivity index is 2.26. The van der Waals surface area contributed by atoms with Gasteiger partial charge in [0.25, 0.3) is 0 Å². The van der Waals surface area contributed by atoms with Gasteiger partial charge in [0, 0.05) is 17.2 Å². The van der Waals surface area contributed by atoms with Crippen molar-refractivity contribution in [2.45, 2.75) is 19.9 Å². The Morgan fingerprint density at radius 1 is 1.00 bits per heavy atom. The van der Waals surface area contributed by atoms with Crippen LogP contribution < -0.4 is 9.83 Å². The quantitative estimate of drug-likeness (QED) is 0.784. The molecule has 2 aromatic carbocycles. The van der Waals surface area contributed by atoms with E-state index in [1.165, 1.54) is 0 Å². The Hall–Kier alpha value is -1.57. The van der Waals surface area contributed by atoms with Gasteiger partial charge in [0.2, 0.25) is 0 Å². The second-order valence-electron chi connectivity index (χ2n) is 5.29. The molecule has 0 N–H and O–H groups in total. The summed E-state index contributed by atoms with van der Waals surface area (Å²) in [5.74, 6) is 0.696. The molecule has 3 rings (SSSR count). The lowest BCUT2D eigenvalue weighted by molar-refractivity contribution is 0.358. The van der Waals surface area contributed by atoms with E-state index in [9.17, 15) is 4.57 Å². The lowest BCUT2D eigenvalue weighted by Gasteiger charge is -2.35. The highest BCUT2D eigenvalue weighted by molar-refractivity contribution is 7.65. The standard InChI is InChI=1S/C16H18NO2P/c1-12(2)17(3)20(18)16-11-7-5-9-14(16)13-8-4-6-10-15(13)19-20/h4-12H,1-3H3. The molecule has 0 spiro atoms. The van der Waals surface area contributed by atoms with Crippen molar-refractivity contribution < 1.29 is 9.09 Å². The van der Waals surface area contributed by atoms with Crippen LogP contribution in [0.2, 0.25) is 0 Å². The molecule has 1 aliphatic heterocycles. The second-order valence-corrected chi connectivity index (χ2v) is 7.63. The summed E-state index contributed by atoms with van der Waals surface area (Å²) < 4.78 is 21.2. The minimum absolute atomic E-state index is 0.138. The summed E-state index contributed by atoms with van der Waals surface area (Å²) in [6, 6.07) is 15.7. The topological polar surface area (TPSA) is 29.5 Å². The van der Waals surface area contributed by atoms with Gasteiger partial charge in [0.05, 0.1) is 5.30 Å². The molecule has 1 atom stereocenters. The van der Waals surface area contributed by atoms with E-state index in [0.717, 1.165) is 16.4 Å². The smallest absolute Gasteiger partial charge is 0.350 e. The molecule has 1 unspecified atom stereocenters. The highest BCUT2D eigenvalue weighted by Gasteiger charge is 2.40. The molecule has 0 radical (unpaired) electrons. The maximum absolute atomic E-state index is 13.5. The summed E-state index contributed by atoms with van der Waals surface area (Å²) in [6.45, 7) is 4.04. The minimum atomic E-state index is -3.05. The molecule has 3 nitrogen and oxygen atoms in total. The second kappa shape index (κ2) is 4.76. The number of hydrogen-bond acceptors (Lipinski definition) is 2. The molecular weight excluding hydrogens is 269 g/mol. The van der Waals surface area contributed by atoms with Crippen LogP contribution in [0.15, 0.2) is 48.5 Å². The highest BCUT2D eigenvalue weighted by atomic mass is 31.2. The minimum Gasteiger partial charge on any atom is -0.429 e. The van der Waals surface area contributed by atoms with E-state index in [1.807, 2.05) is 74.1 Å². The lowest BCUT2D eigenvalue weighted by Crippen LogP contribution is -2.33. The van der Waals surface area contributed by atoms with Crippen molar-refractivity contribution in [2.24, 2.45) is 0 Å². The molecule has 1 aliphatic rings. The maximum atomic E-state index is 13.5. The molecule has 0 fully saturated rings. The van der Waals surface area contributed by atoms with Crippen molar-refractivity contribution in [3.05, 3.63) is 48.5 Å². The van der Waals surface area contributed by atoms with Gasteiger partial charge in [-0.2, -0.15) is 0 Å². The van der Waals surface area contributed by atoms with Crippen LogP contribution in [-0.4, -0.2) is 17.8 Å². The fourth-order valence-electron chi connectivity index (χ4n) is 2.44. The fraction of sp³-hybridized carbons (Fsp3) is 0.250. The molecule has 0 aromatic heterocycles. The summed E-state index contributed by atoms with van der Waals surface area (Å²) in [4.78, 5) is 0. The first-order valence-corrected chi connectivity index (χ1v) is 8.34. The van der Waals surface area contributed by atoms with Crippen molar-refractivity contribution in [2.75, 3.05) is 7.05 Å². The summed E-state index contributed by atoms with van der Waals surface area (Å²) in [5, 5.41) is 0.787. The zero-order valence-corrected chi connectivity index (χ0v) is 12.8. The molecule has 1 heterocycles. The normalized spacial score (nSPS) is 20.4. The lowest BCUT2D eigenvalue weighted by atomic mass is 10.0. The summed E-state index contributed by atoms with van der Waals surface area (Å²) >= 11 is 0. The van der Waals surface area contributed by atoms with Gasteiger partial charge in [-0.15, -0.1) is 0 Å². The van der Waals surface area contributed by atoms with Crippen molar-refractivity contribution in [1.29, 1.82) is 0 Å². The van der Waals surface area contributed by atoms with Gasteiger partial charge in [-0.3, -0.25) is 4.57 Å². The van der Waals surface area contributed by atoms with Crippen LogP contribution in [0, 0.1) is 0 Å². The first-order valence-electron chi connectivity index (χ1n) is 6.76. The SMILES string of the molecule is CC(C)N(C)P1(=O)Oc2ccccc2-c2ccccc21. The van der Waals surface area contributed by atoms with Crippen LogP contribution in [0.4, 0.5) is 0 Å². The summed E-state index contributed by atoms with van der Waals surface area (Å²) in [7, 11) is -1.19. The van der Waals surface area contributed by atoms with E-state index >= 15 is 0 Å². The van der Waals surface area contributed by atoms with Gasteiger partial charge < -0.3 is 4.52 Å². The third kappa shape index (κ3) is 1.90. The van der Waals surface area contributed by atoms with E-state index in [0.29, 0.717) is 5.75 Å². The first kappa shape index (κ1) is 13.4. The van der Waals surface area contributed by atoms with Gasteiger partial charge in [0.1, 0.15) is 5.75 Å². The van der Waals surface area contributed by atoms with Crippen LogP contribution in [0.5, 0.6) is 5.75 Å². The van der Waals surface area contributed by atoms with E-state index in [1.54, 1.807) is 0 Å². The first-order chi connectivity index (χ1) is 9.54. The molecule has 2 aromatic rings. The molecule has 20 heavy (non-hydrogen) atoms. The molecular formula is C16H18NO2P. The zero-order valence-electron chi connectivity index (χ0n) is 11.9. The summed E-state index contributed by atoms with van der Waals surface area (Å²) in [5.41, 5.74) is 2.01. The predicted molar refractivity (Wildman–Crippen MR) is 82.6 cm³/mol. The van der Waals surface area contributed by atoms with Crippen LogP contribution in [0.1, 0.15) is 13.8 Å². The van der Waals surface area contributed by atoms with E-state index in [-0.39, 0.29) is 6.04 Å².